The van der Waals surface area contributed by atoms with Crippen LogP contribution in [-0.2, 0) is 14.2 Å². The number of hydrogen-bond donors (Lipinski definition) is 2. The van der Waals surface area contributed by atoms with E-state index in [0.717, 1.165) is 19.3 Å². The number of carbonyl (C=O) groups is 1. The highest BCUT2D eigenvalue weighted by molar-refractivity contribution is 5.67. The van der Waals surface area contributed by atoms with Gasteiger partial charge in [0.25, 0.3) is 0 Å². The number of rotatable bonds is 10. The molecule has 21 heavy (non-hydrogen) atoms. The predicted octanol–water partition coefficient (Wildman–Crippen LogP) is 2.28. The molecular formula is C15H32N2O4. The van der Waals surface area contributed by atoms with E-state index >= 15 is 0 Å². The summed E-state index contributed by atoms with van der Waals surface area (Å²) in [5, 5.41) is 6.16. The van der Waals surface area contributed by atoms with Gasteiger partial charge in [-0.15, -0.1) is 0 Å². The summed E-state index contributed by atoms with van der Waals surface area (Å²) in [7, 11) is 3.21. The highest BCUT2D eigenvalue weighted by Gasteiger charge is 2.18. The lowest BCUT2D eigenvalue weighted by Gasteiger charge is -2.24. The van der Waals surface area contributed by atoms with E-state index < -0.39 is 5.60 Å². The standard InChI is InChI=1S/C15H32N2O4/c1-7-8-9-12(16-11-13(19-5)20-6)10-17-14(18)21-15(2,3)4/h12-13,16H,7-11H2,1-6H3,(H,17,18). The molecule has 0 saturated heterocycles. The van der Waals surface area contributed by atoms with E-state index in [1.54, 1.807) is 14.2 Å². The fourth-order valence-electron chi connectivity index (χ4n) is 1.77. The summed E-state index contributed by atoms with van der Waals surface area (Å²) >= 11 is 0. The zero-order chi connectivity index (χ0) is 16.3. The number of nitrogens with one attached hydrogen (secondary N) is 2. The molecule has 0 radical (unpaired) electrons. The maximum atomic E-state index is 11.7. The van der Waals surface area contributed by atoms with Crippen molar-refractivity contribution in [3.8, 4) is 0 Å². The van der Waals surface area contributed by atoms with Gasteiger partial charge in [-0.3, -0.25) is 0 Å². The molecule has 126 valence electrons. The Bertz CT molecular complexity index is 275. The fourth-order valence-corrected chi connectivity index (χ4v) is 1.77. The molecule has 1 atom stereocenters. The van der Waals surface area contributed by atoms with Crippen molar-refractivity contribution in [1.82, 2.24) is 10.6 Å². The number of carbonyl (C=O) groups excluding carboxylic acids is 1. The lowest BCUT2D eigenvalue weighted by molar-refractivity contribution is -0.0999. The Morgan fingerprint density at radius 2 is 1.76 bits per heavy atom. The minimum absolute atomic E-state index is 0.172. The van der Waals surface area contributed by atoms with Crippen molar-refractivity contribution in [1.29, 1.82) is 0 Å². The topological polar surface area (TPSA) is 68.8 Å². The van der Waals surface area contributed by atoms with Gasteiger partial charge < -0.3 is 24.8 Å². The van der Waals surface area contributed by atoms with Crippen molar-refractivity contribution < 1.29 is 19.0 Å². The summed E-state index contributed by atoms with van der Waals surface area (Å²) in [6.45, 7) is 8.79. The van der Waals surface area contributed by atoms with Crippen molar-refractivity contribution in [2.24, 2.45) is 0 Å². The van der Waals surface area contributed by atoms with E-state index in [1.807, 2.05) is 20.8 Å². The molecule has 0 aromatic rings. The van der Waals surface area contributed by atoms with Crippen LogP contribution in [0.1, 0.15) is 47.0 Å². The number of methoxy groups -OCH3 is 2. The van der Waals surface area contributed by atoms with Crippen molar-refractivity contribution in [2.45, 2.75) is 64.9 Å². The SMILES string of the molecule is CCCCC(CNC(=O)OC(C)(C)C)NCC(OC)OC. The Balaban J connectivity index is 4.19. The van der Waals surface area contributed by atoms with Gasteiger partial charge in [-0.1, -0.05) is 19.8 Å². The first-order valence-corrected chi connectivity index (χ1v) is 7.58. The Morgan fingerprint density at radius 3 is 2.24 bits per heavy atom. The maximum absolute atomic E-state index is 11.7. The van der Waals surface area contributed by atoms with Crippen LogP contribution in [-0.4, -0.2) is 51.3 Å². The van der Waals surface area contributed by atoms with Crippen LogP contribution in [0.15, 0.2) is 0 Å². The van der Waals surface area contributed by atoms with E-state index in [0.29, 0.717) is 13.1 Å². The van der Waals surface area contributed by atoms with Gasteiger partial charge in [-0.25, -0.2) is 4.79 Å². The lowest BCUT2D eigenvalue weighted by atomic mass is 10.1. The molecule has 0 spiro atoms. The first-order chi connectivity index (χ1) is 9.82. The van der Waals surface area contributed by atoms with Crippen LogP contribution in [0.3, 0.4) is 0 Å². The molecule has 6 nitrogen and oxygen atoms in total. The van der Waals surface area contributed by atoms with Crippen molar-refractivity contribution in [3.63, 3.8) is 0 Å². The molecule has 0 aliphatic rings. The molecule has 0 aliphatic heterocycles. The van der Waals surface area contributed by atoms with Crippen LogP contribution in [0.2, 0.25) is 0 Å². The normalized spacial score (nSPS) is 13.3. The largest absolute Gasteiger partial charge is 0.444 e. The van der Waals surface area contributed by atoms with Crippen molar-refractivity contribution in [3.05, 3.63) is 0 Å². The summed E-state index contributed by atoms with van der Waals surface area (Å²) in [6.07, 6.45) is 2.52. The zero-order valence-corrected chi connectivity index (χ0v) is 14.3. The first-order valence-electron chi connectivity index (χ1n) is 7.58. The molecule has 0 rings (SSSR count). The van der Waals surface area contributed by atoms with E-state index in [-0.39, 0.29) is 18.4 Å². The van der Waals surface area contributed by atoms with Gasteiger partial charge in [-0.05, 0) is 27.2 Å². The lowest BCUT2D eigenvalue weighted by Crippen LogP contribution is -2.45. The zero-order valence-electron chi connectivity index (χ0n) is 14.3. The molecule has 0 aliphatic carbocycles. The molecule has 6 heteroatoms. The minimum Gasteiger partial charge on any atom is -0.444 e. The van der Waals surface area contributed by atoms with E-state index in [1.165, 1.54) is 0 Å². The highest BCUT2D eigenvalue weighted by Crippen LogP contribution is 2.07. The number of amides is 1. The fraction of sp³-hybridized carbons (Fsp3) is 0.933. The molecule has 0 aromatic heterocycles. The van der Waals surface area contributed by atoms with Crippen LogP contribution in [0.25, 0.3) is 0 Å². The molecule has 0 fully saturated rings. The van der Waals surface area contributed by atoms with Gasteiger partial charge in [-0.2, -0.15) is 0 Å². The Kier molecular flexibility index (Phi) is 10.4. The highest BCUT2D eigenvalue weighted by atomic mass is 16.7. The number of hydrogen-bond acceptors (Lipinski definition) is 5. The third kappa shape index (κ3) is 11.5. The van der Waals surface area contributed by atoms with E-state index in [9.17, 15) is 4.79 Å². The average Bonchev–Trinajstić information content (AvgIpc) is 2.40. The number of ether oxygens (including phenoxy) is 3. The van der Waals surface area contributed by atoms with E-state index in [2.05, 4.69) is 17.6 Å². The quantitative estimate of drug-likeness (QED) is 0.606. The van der Waals surface area contributed by atoms with Crippen LogP contribution in [0.4, 0.5) is 4.79 Å². The van der Waals surface area contributed by atoms with Crippen LogP contribution in [0, 0.1) is 0 Å². The Morgan fingerprint density at radius 1 is 1.14 bits per heavy atom. The smallest absolute Gasteiger partial charge is 0.407 e. The molecule has 2 N–H and O–H groups in total. The van der Waals surface area contributed by atoms with E-state index in [4.69, 9.17) is 14.2 Å². The third-order valence-corrected chi connectivity index (χ3v) is 2.90. The Labute approximate surface area is 128 Å². The summed E-state index contributed by atoms with van der Waals surface area (Å²) in [4.78, 5) is 11.7. The molecule has 0 heterocycles. The molecular weight excluding hydrogens is 272 g/mol. The molecule has 0 bridgehead atoms. The maximum Gasteiger partial charge on any atom is 0.407 e. The molecule has 1 amide bonds. The molecule has 0 saturated carbocycles. The minimum atomic E-state index is -0.479. The van der Waals surface area contributed by atoms with Gasteiger partial charge in [0.1, 0.15) is 5.60 Å². The van der Waals surface area contributed by atoms with Crippen molar-refractivity contribution in [2.75, 3.05) is 27.3 Å². The van der Waals surface area contributed by atoms with Crippen molar-refractivity contribution >= 4 is 6.09 Å². The predicted molar refractivity (Wildman–Crippen MR) is 83.4 cm³/mol. The van der Waals surface area contributed by atoms with Gasteiger partial charge in [0.05, 0.1) is 0 Å². The van der Waals surface area contributed by atoms with Crippen LogP contribution >= 0.6 is 0 Å². The molecule has 1 unspecified atom stereocenters. The monoisotopic (exact) mass is 304 g/mol. The second-order valence-electron chi connectivity index (χ2n) is 6.03. The first kappa shape index (κ1) is 20.1. The summed E-state index contributed by atoms with van der Waals surface area (Å²) in [5.41, 5.74) is -0.479. The van der Waals surface area contributed by atoms with Crippen LogP contribution in [0.5, 0.6) is 0 Å². The van der Waals surface area contributed by atoms with Gasteiger partial charge >= 0.3 is 6.09 Å². The summed E-state index contributed by atoms with van der Waals surface area (Å²) in [5.74, 6) is 0. The second-order valence-corrected chi connectivity index (χ2v) is 6.03. The molecule has 0 aromatic carbocycles. The number of unbranched alkanes of at least 4 members (excludes halogenated alkanes) is 1. The summed E-state index contributed by atoms with van der Waals surface area (Å²) in [6, 6.07) is 0.172. The van der Waals surface area contributed by atoms with Crippen LogP contribution < -0.4 is 10.6 Å². The Hall–Kier alpha value is -0.850. The van der Waals surface area contributed by atoms with Gasteiger partial charge in [0.15, 0.2) is 6.29 Å². The van der Waals surface area contributed by atoms with Gasteiger partial charge in [0.2, 0.25) is 0 Å². The average molecular weight is 304 g/mol. The van der Waals surface area contributed by atoms with Gasteiger partial charge in [0, 0.05) is 33.4 Å². The second kappa shape index (κ2) is 10.8. The number of alkyl carbamates (subject to hydrolysis) is 1. The third-order valence-electron chi connectivity index (χ3n) is 2.90. The summed E-state index contributed by atoms with van der Waals surface area (Å²) < 4.78 is 15.5.